The number of carbonyl (C=O) groups is 3. The summed E-state index contributed by atoms with van der Waals surface area (Å²) in [6.45, 7) is -0.484. The molecular weight excluding hydrogens is 340 g/mol. The van der Waals surface area contributed by atoms with Gasteiger partial charge in [0, 0.05) is 10.3 Å². The van der Waals surface area contributed by atoms with Crippen LogP contribution in [-0.4, -0.2) is 24.4 Å². The molecule has 25 heavy (non-hydrogen) atoms. The Morgan fingerprint density at radius 3 is 2.40 bits per heavy atom. The van der Waals surface area contributed by atoms with Crippen molar-refractivity contribution in [2.75, 3.05) is 6.61 Å². The van der Waals surface area contributed by atoms with Gasteiger partial charge in [-0.1, -0.05) is 36.4 Å². The van der Waals surface area contributed by atoms with Gasteiger partial charge < -0.3 is 4.74 Å². The SMILES string of the molecule is O=C(COC(=O)c1cc2ccccc2s1)NNC(=O)c1ccccc1. The Labute approximate surface area is 147 Å². The van der Waals surface area contributed by atoms with Crippen molar-refractivity contribution in [3.05, 3.63) is 71.1 Å². The van der Waals surface area contributed by atoms with Crippen LogP contribution in [0, 0.1) is 0 Å². The summed E-state index contributed by atoms with van der Waals surface area (Å²) in [5.41, 5.74) is 4.87. The average Bonchev–Trinajstić information content (AvgIpc) is 3.09. The van der Waals surface area contributed by atoms with E-state index >= 15 is 0 Å². The lowest BCUT2D eigenvalue weighted by atomic mass is 10.2. The normalized spacial score (nSPS) is 10.2. The maximum Gasteiger partial charge on any atom is 0.348 e. The van der Waals surface area contributed by atoms with Crippen molar-refractivity contribution in [3.8, 4) is 0 Å². The molecule has 0 unspecified atom stereocenters. The smallest absolute Gasteiger partial charge is 0.348 e. The molecule has 0 aliphatic carbocycles. The molecule has 1 aromatic heterocycles. The van der Waals surface area contributed by atoms with Crippen LogP contribution in [0.4, 0.5) is 0 Å². The third-order valence-corrected chi connectivity index (χ3v) is 4.41. The number of thiophene rings is 1. The highest BCUT2D eigenvalue weighted by Gasteiger charge is 2.14. The van der Waals surface area contributed by atoms with Crippen LogP contribution >= 0.6 is 11.3 Å². The van der Waals surface area contributed by atoms with Gasteiger partial charge in [-0.05, 0) is 29.7 Å². The van der Waals surface area contributed by atoms with E-state index in [0.717, 1.165) is 10.1 Å². The number of esters is 1. The molecule has 0 bridgehead atoms. The summed E-state index contributed by atoms with van der Waals surface area (Å²) in [4.78, 5) is 35.9. The van der Waals surface area contributed by atoms with Crippen LogP contribution in [0.2, 0.25) is 0 Å². The first kappa shape index (κ1) is 16.7. The molecule has 0 aliphatic rings. The Morgan fingerprint density at radius 2 is 1.64 bits per heavy atom. The van der Waals surface area contributed by atoms with Crippen LogP contribution in [-0.2, 0) is 9.53 Å². The zero-order chi connectivity index (χ0) is 17.6. The van der Waals surface area contributed by atoms with E-state index < -0.39 is 24.4 Å². The molecule has 0 fully saturated rings. The minimum absolute atomic E-state index is 0.407. The van der Waals surface area contributed by atoms with Crippen LogP contribution in [0.25, 0.3) is 10.1 Å². The lowest BCUT2D eigenvalue weighted by Crippen LogP contribution is -2.43. The standard InChI is InChI=1S/C18H14N2O4S/c21-16(19-20-17(22)12-6-2-1-3-7-12)11-24-18(23)15-10-13-8-4-5-9-14(13)25-15/h1-10H,11H2,(H,19,21)(H,20,22). The summed E-state index contributed by atoms with van der Waals surface area (Å²) in [7, 11) is 0. The molecule has 1 heterocycles. The highest BCUT2D eigenvalue weighted by atomic mass is 32.1. The van der Waals surface area contributed by atoms with E-state index in [1.807, 2.05) is 24.3 Å². The third kappa shape index (κ3) is 4.21. The average molecular weight is 354 g/mol. The van der Waals surface area contributed by atoms with Crippen molar-refractivity contribution in [1.82, 2.24) is 10.9 Å². The fraction of sp³-hybridized carbons (Fsp3) is 0.0556. The van der Waals surface area contributed by atoms with Gasteiger partial charge in [0.2, 0.25) is 0 Å². The van der Waals surface area contributed by atoms with E-state index in [-0.39, 0.29) is 0 Å². The van der Waals surface area contributed by atoms with Crippen molar-refractivity contribution >= 4 is 39.2 Å². The predicted octanol–water partition coefficient (Wildman–Crippen LogP) is 2.52. The van der Waals surface area contributed by atoms with Gasteiger partial charge in [-0.2, -0.15) is 0 Å². The molecule has 3 aromatic rings. The van der Waals surface area contributed by atoms with Crippen molar-refractivity contribution < 1.29 is 19.1 Å². The number of amides is 2. The summed E-state index contributed by atoms with van der Waals surface area (Å²) in [5, 5.41) is 0.944. The number of benzene rings is 2. The van der Waals surface area contributed by atoms with Gasteiger partial charge >= 0.3 is 5.97 Å². The molecule has 0 spiro atoms. The maximum atomic E-state index is 12.0. The Kier molecular flexibility index (Phi) is 5.06. The highest BCUT2D eigenvalue weighted by Crippen LogP contribution is 2.25. The number of carbonyl (C=O) groups excluding carboxylic acids is 3. The van der Waals surface area contributed by atoms with Crippen molar-refractivity contribution in [1.29, 1.82) is 0 Å². The molecule has 2 N–H and O–H groups in total. The Hall–Kier alpha value is -3.19. The number of rotatable bonds is 4. The summed E-state index contributed by atoms with van der Waals surface area (Å²) < 4.78 is 5.93. The molecule has 2 amide bonds. The van der Waals surface area contributed by atoms with E-state index in [1.54, 1.807) is 36.4 Å². The second-order valence-electron chi connectivity index (χ2n) is 5.09. The first-order valence-corrected chi connectivity index (χ1v) is 8.25. The zero-order valence-corrected chi connectivity index (χ0v) is 13.8. The summed E-state index contributed by atoms with van der Waals surface area (Å²) in [6.07, 6.45) is 0. The zero-order valence-electron chi connectivity index (χ0n) is 13.0. The van der Waals surface area contributed by atoms with Crippen molar-refractivity contribution in [2.45, 2.75) is 0 Å². The quantitative estimate of drug-likeness (QED) is 0.557. The van der Waals surface area contributed by atoms with E-state index in [9.17, 15) is 14.4 Å². The second kappa shape index (κ2) is 7.59. The first-order valence-electron chi connectivity index (χ1n) is 7.43. The number of ether oxygens (including phenoxy) is 1. The Balaban J connectivity index is 1.48. The fourth-order valence-electron chi connectivity index (χ4n) is 2.11. The van der Waals surface area contributed by atoms with Gasteiger partial charge in [-0.3, -0.25) is 20.4 Å². The monoisotopic (exact) mass is 354 g/mol. The van der Waals surface area contributed by atoms with Crippen LogP contribution in [0.15, 0.2) is 60.7 Å². The summed E-state index contributed by atoms with van der Waals surface area (Å²) in [5.74, 6) is -1.66. The molecule has 0 saturated heterocycles. The van der Waals surface area contributed by atoms with Gasteiger partial charge in [0.1, 0.15) is 4.88 Å². The molecule has 0 atom stereocenters. The van der Waals surface area contributed by atoms with Gasteiger partial charge in [-0.15, -0.1) is 11.3 Å². The number of hydrazine groups is 1. The predicted molar refractivity (Wildman–Crippen MR) is 94.2 cm³/mol. The van der Waals surface area contributed by atoms with Gasteiger partial charge in [-0.25, -0.2) is 4.79 Å². The topological polar surface area (TPSA) is 84.5 Å². The van der Waals surface area contributed by atoms with E-state index in [1.165, 1.54) is 11.3 Å². The molecular formula is C18H14N2O4S. The van der Waals surface area contributed by atoms with Crippen LogP contribution in [0.1, 0.15) is 20.0 Å². The molecule has 126 valence electrons. The fourth-order valence-corrected chi connectivity index (χ4v) is 3.07. The van der Waals surface area contributed by atoms with E-state index in [2.05, 4.69) is 10.9 Å². The first-order chi connectivity index (χ1) is 12.1. The van der Waals surface area contributed by atoms with Crippen molar-refractivity contribution in [2.24, 2.45) is 0 Å². The molecule has 7 heteroatoms. The largest absolute Gasteiger partial charge is 0.451 e. The maximum absolute atomic E-state index is 12.0. The lowest BCUT2D eigenvalue weighted by Gasteiger charge is -2.07. The third-order valence-electron chi connectivity index (χ3n) is 3.31. The summed E-state index contributed by atoms with van der Waals surface area (Å²) in [6, 6.07) is 17.7. The second-order valence-corrected chi connectivity index (χ2v) is 6.18. The lowest BCUT2D eigenvalue weighted by molar-refractivity contribution is -0.125. The molecule has 3 rings (SSSR count). The van der Waals surface area contributed by atoms with Crippen LogP contribution in [0.3, 0.4) is 0 Å². The summed E-state index contributed by atoms with van der Waals surface area (Å²) >= 11 is 1.30. The van der Waals surface area contributed by atoms with E-state index in [4.69, 9.17) is 4.74 Å². The van der Waals surface area contributed by atoms with Gasteiger partial charge in [0.15, 0.2) is 6.61 Å². The Morgan fingerprint density at radius 1 is 0.920 bits per heavy atom. The van der Waals surface area contributed by atoms with Gasteiger partial charge in [0.05, 0.1) is 0 Å². The number of hydrogen-bond acceptors (Lipinski definition) is 5. The number of nitrogens with one attached hydrogen (secondary N) is 2. The highest BCUT2D eigenvalue weighted by molar-refractivity contribution is 7.20. The minimum atomic E-state index is -0.626. The van der Waals surface area contributed by atoms with Crippen molar-refractivity contribution in [3.63, 3.8) is 0 Å². The number of fused-ring (bicyclic) bond motifs is 1. The number of hydrogen-bond donors (Lipinski definition) is 2. The Bertz CT molecular complexity index is 888. The molecule has 0 aliphatic heterocycles. The van der Waals surface area contributed by atoms with Crippen LogP contribution < -0.4 is 10.9 Å². The van der Waals surface area contributed by atoms with Gasteiger partial charge in [0.25, 0.3) is 11.8 Å². The molecule has 0 radical (unpaired) electrons. The molecule has 6 nitrogen and oxygen atoms in total. The minimum Gasteiger partial charge on any atom is -0.451 e. The molecule has 2 aromatic carbocycles. The van der Waals surface area contributed by atoms with E-state index in [0.29, 0.717) is 10.4 Å². The van der Waals surface area contributed by atoms with Crippen LogP contribution in [0.5, 0.6) is 0 Å². The molecule has 0 saturated carbocycles.